The van der Waals surface area contributed by atoms with E-state index in [0.717, 1.165) is 0 Å². The zero-order valence-corrected chi connectivity index (χ0v) is 18.4. The number of imidazole rings is 1. The number of carbonyl (C=O) groups excluding carboxylic acids is 2. The van der Waals surface area contributed by atoms with Gasteiger partial charge in [0.15, 0.2) is 10.3 Å². The lowest BCUT2D eigenvalue weighted by atomic mass is 10.1. The lowest BCUT2D eigenvalue weighted by Crippen LogP contribution is -2.49. The first kappa shape index (κ1) is 27.4. The van der Waals surface area contributed by atoms with Crippen molar-refractivity contribution in [2.24, 2.45) is 10.3 Å². The average Bonchev–Trinajstić information content (AvgIpc) is 3.22. The van der Waals surface area contributed by atoms with Gasteiger partial charge in [-0.15, -0.1) is 4.91 Å². The van der Waals surface area contributed by atoms with Gasteiger partial charge in [-0.25, -0.2) is 9.97 Å². The van der Waals surface area contributed by atoms with Gasteiger partial charge in [-0.05, 0) is 6.42 Å². The molecule has 2 aromatic rings. The molecule has 2 aromatic heterocycles. The molecule has 0 radical (unpaired) electrons. The van der Waals surface area contributed by atoms with E-state index in [4.69, 9.17) is 33.9 Å². The highest BCUT2D eigenvalue weighted by Crippen LogP contribution is 2.07. The number of nitroso groups, excluding NO2 is 1. The van der Waals surface area contributed by atoms with Gasteiger partial charge >= 0.3 is 11.9 Å². The zero-order chi connectivity index (χ0) is 25.0. The number of fused-ring (bicyclic) bond motifs is 1. The molecule has 0 aliphatic carbocycles. The molecule has 2 heterocycles. The van der Waals surface area contributed by atoms with E-state index in [-0.39, 0.29) is 24.5 Å². The van der Waals surface area contributed by atoms with Crippen molar-refractivity contribution in [1.29, 1.82) is 0 Å². The minimum atomic E-state index is -1.27. The Morgan fingerprint density at radius 3 is 2.61 bits per heavy atom. The summed E-state index contributed by atoms with van der Waals surface area (Å²) in [6.07, 6.45) is 1.16. The van der Waals surface area contributed by atoms with E-state index in [2.05, 4.69) is 35.2 Å². The molecular weight excluding hydrogens is 482 g/mol. The van der Waals surface area contributed by atoms with Crippen molar-refractivity contribution in [1.82, 2.24) is 30.6 Å². The van der Waals surface area contributed by atoms with Crippen molar-refractivity contribution in [3.8, 4) is 0 Å². The van der Waals surface area contributed by atoms with Crippen LogP contribution in [0.5, 0.6) is 0 Å². The van der Waals surface area contributed by atoms with E-state index in [1.165, 1.54) is 6.33 Å². The first-order chi connectivity index (χ1) is 15.5. The maximum atomic E-state index is 11.7. The highest BCUT2D eigenvalue weighted by molar-refractivity contribution is 7.97. The normalized spacial score (nSPS) is 12.0. The largest absolute Gasteiger partial charge is 0.480 e. The van der Waals surface area contributed by atoms with Crippen LogP contribution in [0.3, 0.4) is 0 Å². The Balaban J connectivity index is 0.000000405. The maximum absolute atomic E-state index is 11.7. The van der Waals surface area contributed by atoms with Gasteiger partial charge in [0.05, 0.1) is 6.33 Å². The van der Waals surface area contributed by atoms with Crippen LogP contribution < -0.4 is 22.1 Å². The third-order valence-corrected chi connectivity index (χ3v) is 4.56. The van der Waals surface area contributed by atoms with Gasteiger partial charge in [0.1, 0.15) is 24.1 Å². The molecule has 2 rings (SSSR count). The number of rotatable bonds is 11. The second-order valence-corrected chi connectivity index (χ2v) is 7.27. The summed E-state index contributed by atoms with van der Waals surface area (Å²) in [6, 6.07) is -2.38. The summed E-state index contributed by atoms with van der Waals surface area (Å²) in [5.74, 6) is -3.88. The summed E-state index contributed by atoms with van der Waals surface area (Å²) in [4.78, 5) is 67.6. The quantitative estimate of drug-likeness (QED) is 0.103. The molecule has 0 aliphatic rings. The molecule has 18 heteroatoms. The number of carbonyl (C=O) groups is 4. The Bertz CT molecular complexity index is 1060. The van der Waals surface area contributed by atoms with Gasteiger partial charge in [0.25, 0.3) is 0 Å². The van der Waals surface area contributed by atoms with Crippen molar-refractivity contribution >= 4 is 65.0 Å². The lowest BCUT2D eigenvalue weighted by molar-refractivity contribution is -0.139. The summed E-state index contributed by atoms with van der Waals surface area (Å²) in [5, 5.41) is 21.3. The Kier molecular flexibility index (Phi) is 11.4. The van der Waals surface area contributed by atoms with E-state index in [9.17, 15) is 24.1 Å². The van der Waals surface area contributed by atoms with Crippen LogP contribution in [-0.4, -0.2) is 78.3 Å². The highest BCUT2D eigenvalue weighted by atomic mass is 32.2. The molecule has 16 nitrogen and oxygen atoms in total. The number of aliphatic carboxylic acids is 2. The van der Waals surface area contributed by atoms with Crippen LogP contribution in [0.15, 0.2) is 10.9 Å². The molecule has 0 saturated heterocycles. The molecule has 2 atom stereocenters. The van der Waals surface area contributed by atoms with E-state index in [1.54, 1.807) is 0 Å². The second kappa shape index (κ2) is 13.7. The van der Waals surface area contributed by atoms with Gasteiger partial charge in [0, 0.05) is 28.7 Å². The van der Waals surface area contributed by atoms with Crippen LogP contribution in [0.1, 0.15) is 12.8 Å². The van der Waals surface area contributed by atoms with Crippen LogP contribution in [0, 0.1) is 9.55 Å². The van der Waals surface area contributed by atoms with Gasteiger partial charge in [0.2, 0.25) is 17.8 Å². The number of carboxylic acid groups (broad SMARTS) is 2. The molecule has 0 aliphatic heterocycles. The number of carboxylic acids is 2. The van der Waals surface area contributed by atoms with Crippen LogP contribution >= 0.6 is 24.2 Å². The minimum Gasteiger partial charge on any atom is -0.480 e. The minimum absolute atomic E-state index is 0.135. The van der Waals surface area contributed by atoms with Crippen molar-refractivity contribution in [2.75, 3.05) is 18.0 Å². The number of nitrogens with one attached hydrogen (secondary N) is 4. The number of aromatic nitrogens is 4. The van der Waals surface area contributed by atoms with Gasteiger partial charge in [-0.1, -0.05) is 12.2 Å². The van der Waals surface area contributed by atoms with E-state index in [0.29, 0.717) is 27.8 Å². The Hall–Kier alpha value is -3.64. The molecule has 0 spiro atoms. The fraction of sp³-hybridized carbons (Fsp3) is 0.400. The second-order valence-electron chi connectivity index (χ2n) is 6.14. The monoisotopic (exact) mass is 503 g/mol. The third-order valence-electron chi connectivity index (χ3n) is 3.68. The number of H-pyrrole nitrogens is 2. The van der Waals surface area contributed by atoms with Crippen molar-refractivity contribution < 1.29 is 29.4 Å². The van der Waals surface area contributed by atoms with Crippen LogP contribution in [0.25, 0.3) is 11.2 Å². The Morgan fingerprint density at radius 1 is 1.30 bits per heavy atom. The molecule has 0 saturated carbocycles. The molecule has 10 N–H and O–H groups in total. The summed E-state index contributed by atoms with van der Waals surface area (Å²) >= 11 is 5.39. The number of hydrogen-bond donors (Lipinski definition) is 8. The molecule has 0 bridgehead atoms. The highest BCUT2D eigenvalue weighted by Gasteiger charge is 2.22. The molecule has 2 amide bonds. The Labute approximate surface area is 194 Å². The molecule has 0 aromatic carbocycles. The fourth-order valence-corrected chi connectivity index (χ4v) is 2.82. The molecule has 33 heavy (non-hydrogen) atoms. The van der Waals surface area contributed by atoms with Crippen molar-refractivity contribution in [3.63, 3.8) is 0 Å². The number of nitrogen functional groups attached to an aromatic ring is 1. The average molecular weight is 504 g/mol. The third kappa shape index (κ3) is 10.0. The number of nitrogens with two attached hydrogens (primary N) is 2. The summed E-state index contributed by atoms with van der Waals surface area (Å²) < 4.78 is 2.92. The molecular formula is C15H21N9O7S2. The topological polar surface area (TPSA) is 272 Å². The summed E-state index contributed by atoms with van der Waals surface area (Å²) in [5.41, 5.74) is 12.0. The number of hydrogen-bond acceptors (Lipinski definition) is 12. The number of anilines is 1. The lowest BCUT2D eigenvalue weighted by Gasteiger charge is -2.16. The first-order valence-electron chi connectivity index (χ1n) is 8.95. The Morgan fingerprint density at radius 2 is 2.00 bits per heavy atom. The predicted octanol–water partition coefficient (Wildman–Crippen LogP) is -1.12. The smallest absolute Gasteiger partial charge is 0.322 e. The van der Waals surface area contributed by atoms with Gasteiger partial charge in [-0.2, -0.15) is 0 Å². The maximum Gasteiger partial charge on any atom is 0.322 e. The standard InChI is InChI=1S/C10H16N4O7S.C5H5N5S/c11-5(10(19)20)1-2-7(15)13-6(4-22-14-21)9(18)12-3-8(16)17;6-5-9-3-2(4(11)10-5)7-1-8-3/h5-6H,1-4,11H2,(H,12,18)(H,13,15)(H,16,17)(H,19,20);1H,(H4,6,7,8,9,10,11)/t5-,6-;/m0./s1. The van der Waals surface area contributed by atoms with E-state index >= 15 is 0 Å². The number of aromatic amines is 2. The SMILES string of the molecule is N[C@@H](CCC(=O)N[C@@H](CSN=O)C(=O)NCC(=O)O)C(=O)O.Nc1nc(=S)c2[nH]cnc2[nH]1. The van der Waals surface area contributed by atoms with E-state index < -0.39 is 42.4 Å². The molecule has 0 unspecified atom stereocenters. The van der Waals surface area contributed by atoms with E-state index in [1.807, 2.05) is 0 Å². The van der Waals surface area contributed by atoms with Crippen LogP contribution in [0.4, 0.5) is 5.95 Å². The van der Waals surface area contributed by atoms with Crippen molar-refractivity contribution in [2.45, 2.75) is 24.9 Å². The number of nitrogens with zero attached hydrogens (tertiary/aromatic N) is 3. The van der Waals surface area contributed by atoms with Crippen LogP contribution in [-0.2, 0) is 19.2 Å². The van der Waals surface area contributed by atoms with Gasteiger partial charge in [-0.3, -0.25) is 19.2 Å². The fourth-order valence-electron chi connectivity index (χ4n) is 2.12. The summed E-state index contributed by atoms with van der Waals surface area (Å²) in [7, 11) is 0. The van der Waals surface area contributed by atoms with Crippen molar-refractivity contribution in [3.05, 3.63) is 15.9 Å². The number of amides is 2. The molecule has 180 valence electrons. The summed E-state index contributed by atoms with van der Waals surface area (Å²) in [6.45, 7) is -0.645. The van der Waals surface area contributed by atoms with Gasteiger partial charge < -0.3 is 42.3 Å². The zero-order valence-electron chi connectivity index (χ0n) is 16.8. The predicted molar refractivity (Wildman–Crippen MR) is 119 cm³/mol. The molecule has 0 fully saturated rings. The first-order valence-corrected chi connectivity index (χ1v) is 10.3. The van der Waals surface area contributed by atoms with Crippen LogP contribution in [0.2, 0.25) is 0 Å².